The first-order valence-corrected chi connectivity index (χ1v) is 7.23. The molecule has 1 aromatic rings. The van der Waals surface area contributed by atoms with Gasteiger partial charge in [-0.15, -0.1) is 0 Å². The number of hydrogen-bond acceptors (Lipinski definition) is 3. The first kappa shape index (κ1) is 12.0. The zero-order chi connectivity index (χ0) is 12.7. The minimum absolute atomic E-state index is 0.754. The molecule has 3 rings (SSSR count). The minimum Gasteiger partial charge on any atom is -0.354 e. The summed E-state index contributed by atoms with van der Waals surface area (Å²) in [6.07, 6.45) is 5.37. The molecule has 2 saturated carbocycles. The van der Waals surface area contributed by atoms with Crippen LogP contribution in [-0.2, 0) is 13.6 Å². The van der Waals surface area contributed by atoms with Gasteiger partial charge in [0.25, 0.3) is 0 Å². The lowest BCUT2D eigenvalue weighted by molar-refractivity contribution is 0.673. The molecule has 18 heavy (non-hydrogen) atoms. The summed E-state index contributed by atoms with van der Waals surface area (Å²) in [5.74, 6) is 1.34. The maximum Gasteiger partial charge on any atom is 0.131 e. The highest BCUT2D eigenvalue weighted by Crippen LogP contribution is 2.34. The molecule has 0 spiro atoms. The fourth-order valence-electron chi connectivity index (χ4n) is 2.76. The van der Waals surface area contributed by atoms with Crippen molar-refractivity contribution in [3.05, 3.63) is 11.3 Å². The molecule has 0 amide bonds. The number of anilines is 1. The van der Waals surface area contributed by atoms with E-state index >= 15 is 0 Å². The summed E-state index contributed by atoms with van der Waals surface area (Å²) in [6, 6.07) is 1.51. The number of aryl methyl sites for hydroxylation is 2. The largest absolute Gasteiger partial charge is 0.354 e. The molecule has 2 aliphatic carbocycles. The molecule has 0 atom stereocenters. The standard InChI is InChI=1S/C14H24N4/c1-4-18(12-7-8-12)14-13(9-15-11-5-6-11)10(2)16-17(14)3/h11-12,15H,4-9H2,1-3H3. The van der Waals surface area contributed by atoms with Crippen LogP contribution in [0.2, 0.25) is 0 Å². The molecule has 2 fully saturated rings. The lowest BCUT2D eigenvalue weighted by Crippen LogP contribution is -2.29. The van der Waals surface area contributed by atoms with Gasteiger partial charge in [0.15, 0.2) is 0 Å². The molecule has 1 aromatic heterocycles. The Bertz CT molecular complexity index is 429. The van der Waals surface area contributed by atoms with Gasteiger partial charge in [-0.05, 0) is 39.5 Å². The zero-order valence-corrected chi connectivity index (χ0v) is 11.7. The van der Waals surface area contributed by atoms with Gasteiger partial charge in [-0.1, -0.05) is 0 Å². The van der Waals surface area contributed by atoms with Crippen LogP contribution in [0.1, 0.15) is 43.9 Å². The van der Waals surface area contributed by atoms with Crippen molar-refractivity contribution in [2.24, 2.45) is 7.05 Å². The molecule has 0 aromatic carbocycles. The highest BCUT2D eigenvalue weighted by molar-refractivity contribution is 5.52. The highest BCUT2D eigenvalue weighted by atomic mass is 15.4. The van der Waals surface area contributed by atoms with Gasteiger partial charge in [0.1, 0.15) is 5.82 Å². The summed E-state index contributed by atoms with van der Waals surface area (Å²) in [4.78, 5) is 2.53. The number of hydrogen-bond donors (Lipinski definition) is 1. The van der Waals surface area contributed by atoms with E-state index in [0.717, 1.165) is 25.2 Å². The molecule has 2 aliphatic rings. The Kier molecular flexibility index (Phi) is 3.06. The molecule has 4 heteroatoms. The van der Waals surface area contributed by atoms with E-state index in [1.807, 2.05) is 0 Å². The molecule has 100 valence electrons. The van der Waals surface area contributed by atoms with E-state index in [2.05, 4.69) is 40.9 Å². The lowest BCUT2D eigenvalue weighted by Gasteiger charge is -2.24. The van der Waals surface area contributed by atoms with Gasteiger partial charge in [0, 0.05) is 37.8 Å². The second-order valence-corrected chi connectivity index (χ2v) is 5.68. The van der Waals surface area contributed by atoms with Gasteiger partial charge in [-0.3, -0.25) is 4.68 Å². The highest BCUT2D eigenvalue weighted by Gasteiger charge is 2.32. The summed E-state index contributed by atoms with van der Waals surface area (Å²) in [6.45, 7) is 6.44. The van der Waals surface area contributed by atoms with E-state index in [1.165, 1.54) is 42.8 Å². The molecular formula is C14H24N4. The first-order valence-electron chi connectivity index (χ1n) is 7.23. The van der Waals surface area contributed by atoms with Crippen LogP contribution in [0.3, 0.4) is 0 Å². The summed E-state index contributed by atoms with van der Waals surface area (Å²) < 4.78 is 2.07. The second kappa shape index (κ2) is 4.57. The van der Waals surface area contributed by atoms with Crippen LogP contribution in [0.15, 0.2) is 0 Å². The average molecular weight is 248 g/mol. The summed E-state index contributed by atoms with van der Waals surface area (Å²) in [5, 5.41) is 8.25. The van der Waals surface area contributed by atoms with Crippen molar-refractivity contribution in [3.8, 4) is 0 Å². The number of rotatable bonds is 6. The quantitative estimate of drug-likeness (QED) is 0.835. The van der Waals surface area contributed by atoms with Gasteiger partial charge >= 0.3 is 0 Å². The van der Waals surface area contributed by atoms with Gasteiger partial charge in [-0.2, -0.15) is 5.10 Å². The Labute approximate surface area is 109 Å². The lowest BCUT2D eigenvalue weighted by atomic mass is 10.2. The molecule has 0 unspecified atom stereocenters. The molecule has 4 nitrogen and oxygen atoms in total. The van der Waals surface area contributed by atoms with Crippen LogP contribution in [0.4, 0.5) is 5.82 Å². The van der Waals surface area contributed by atoms with Gasteiger partial charge in [0.2, 0.25) is 0 Å². The minimum atomic E-state index is 0.754. The third-order valence-electron chi connectivity index (χ3n) is 4.06. The van der Waals surface area contributed by atoms with Gasteiger partial charge in [-0.25, -0.2) is 0 Å². The summed E-state index contributed by atoms with van der Waals surface area (Å²) >= 11 is 0. The fourth-order valence-corrected chi connectivity index (χ4v) is 2.76. The zero-order valence-electron chi connectivity index (χ0n) is 11.7. The van der Waals surface area contributed by atoms with Gasteiger partial charge in [0.05, 0.1) is 5.69 Å². The molecule has 0 saturated heterocycles. The van der Waals surface area contributed by atoms with Crippen LogP contribution < -0.4 is 10.2 Å². The molecule has 0 bridgehead atoms. The SMILES string of the molecule is CCN(c1c(CNC2CC2)c(C)nn1C)C1CC1. The molecule has 0 aliphatic heterocycles. The Morgan fingerprint density at radius 2 is 2.06 bits per heavy atom. The van der Waals surface area contributed by atoms with E-state index in [9.17, 15) is 0 Å². The van der Waals surface area contributed by atoms with Crippen molar-refractivity contribution in [2.75, 3.05) is 11.4 Å². The number of aromatic nitrogens is 2. The van der Waals surface area contributed by atoms with Crippen molar-refractivity contribution in [2.45, 2.75) is 58.2 Å². The van der Waals surface area contributed by atoms with Crippen LogP contribution in [-0.4, -0.2) is 28.4 Å². The molecule has 1 N–H and O–H groups in total. The third kappa shape index (κ3) is 2.26. The van der Waals surface area contributed by atoms with E-state index < -0.39 is 0 Å². The van der Waals surface area contributed by atoms with E-state index in [0.29, 0.717) is 0 Å². The van der Waals surface area contributed by atoms with Crippen molar-refractivity contribution in [1.82, 2.24) is 15.1 Å². The smallest absolute Gasteiger partial charge is 0.131 e. The Balaban J connectivity index is 1.84. The monoisotopic (exact) mass is 248 g/mol. The number of nitrogens with one attached hydrogen (secondary N) is 1. The predicted molar refractivity (Wildman–Crippen MR) is 73.8 cm³/mol. The van der Waals surface area contributed by atoms with Crippen LogP contribution in [0.25, 0.3) is 0 Å². The second-order valence-electron chi connectivity index (χ2n) is 5.68. The third-order valence-corrected chi connectivity index (χ3v) is 4.06. The molecule has 1 heterocycles. The van der Waals surface area contributed by atoms with E-state index in [4.69, 9.17) is 0 Å². The van der Waals surface area contributed by atoms with Gasteiger partial charge < -0.3 is 10.2 Å². The topological polar surface area (TPSA) is 33.1 Å². The maximum absolute atomic E-state index is 4.62. The normalized spacial score (nSPS) is 19.3. The Hall–Kier alpha value is -1.03. The first-order chi connectivity index (χ1) is 8.70. The average Bonchev–Trinajstić information content (AvgIpc) is 3.21. The maximum atomic E-state index is 4.62. The van der Waals surface area contributed by atoms with Crippen molar-refractivity contribution in [1.29, 1.82) is 0 Å². The van der Waals surface area contributed by atoms with E-state index in [1.54, 1.807) is 0 Å². The number of nitrogens with zero attached hydrogens (tertiary/aromatic N) is 3. The fraction of sp³-hybridized carbons (Fsp3) is 0.786. The van der Waals surface area contributed by atoms with Crippen LogP contribution >= 0.6 is 0 Å². The van der Waals surface area contributed by atoms with Crippen LogP contribution in [0, 0.1) is 6.92 Å². The molecular weight excluding hydrogens is 224 g/mol. The van der Waals surface area contributed by atoms with Crippen molar-refractivity contribution >= 4 is 5.82 Å². The Morgan fingerprint density at radius 3 is 2.61 bits per heavy atom. The summed E-state index contributed by atoms with van der Waals surface area (Å²) in [5.41, 5.74) is 2.58. The van der Waals surface area contributed by atoms with Crippen molar-refractivity contribution < 1.29 is 0 Å². The van der Waals surface area contributed by atoms with Crippen LogP contribution in [0.5, 0.6) is 0 Å². The van der Waals surface area contributed by atoms with E-state index in [-0.39, 0.29) is 0 Å². The Morgan fingerprint density at radius 1 is 1.33 bits per heavy atom. The predicted octanol–water partition coefficient (Wildman–Crippen LogP) is 1.97. The van der Waals surface area contributed by atoms with Crippen molar-refractivity contribution in [3.63, 3.8) is 0 Å². The molecule has 0 radical (unpaired) electrons. The summed E-state index contributed by atoms with van der Waals surface area (Å²) in [7, 11) is 2.08.